The first kappa shape index (κ1) is 25.8. The molecule has 1 atom stereocenters. The summed E-state index contributed by atoms with van der Waals surface area (Å²) in [5.41, 5.74) is -0.411. The maximum absolute atomic E-state index is 14.7. The van der Waals surface area contributed by atoms with Gasteiger partial charge in [0.2, 0.25) is 5.91 Å². The highest BCUT2D eigenvalue weighted by molar-refractivity contribution is 7.13. The minimum Gasteiger partial charge on any atom is -0.338 e. The van der Waals surface area contributed by atoms with Crippen molar-refractivity contribution in [1.82, 2.24) is 24.8 Å². The highest BCUT2D eigenvalue weighted by atomic mass is 32.1. The Bertz CT molecular complexity index is 1290. The van der Waals surface area contributed by atoms with Crippen LogP contribution in [0.15, 0.2) is 23.7 Å². The van der Waals surface area contributed by atoms with Crippen LogP contribution in [0.1, 0.15) is 43.4 Å². The number of amides is 2. The van der Waals surface area contributed by atoms with Crippen molar-refractivity contribution in [3.05, 3.63) is 52.5 Å². The summed E-state index contributed by atoms with van der Waals surface area (Å²) >= 11 is 1.25. The number of hydrogen-bond donors (Lipinski definition) is 2. The number of benzene rings is 1. The SMILES string of the molecule is CN1CCCn2c(-c3cc(F)c(F)cc3F)nc(C(=O)NC(C(=O)Nc3nccs3)C(C)(C)C)c2C1. The number of nitrogens with one attached hydrogen (secondary N) is 2. The van der Waals surface area contributed by atoms with Crippen molar-refractivity contribution in [2.75, 3.05) is 18.9 Å². The van der Waals surface area contributed by atoms with Crippen molar-refractivity contribution >= 4 is 28.3 Å². The monoisotopic (exact) mass is 520 g/mol. The van der Waals surface area contributed by atoms with E-state index in [9.17, 15) is 22.8 Å². The van der Waals surface area contributed by atoms with Gasteiger partial charge in [-0.05, 0) is 31.5 Å². The van der Waals surface area contributed by atoms with Crippen LogP contribution in [0, 0.1) is 22.9 Å². The van der Waals surface area contributed by atoms with Gasteiger partial charge in [-0.2, -0.15) is 0 Å². The summed E-state index contributed by atoms with van der Waals surface area (Å²) in [5.74, 6) is -4.55. The molecular weight excluding hydrogens is 493 g/mol. The van der Waals surface area contributed by atoms with Crippen LogP contribution in [0.3, 0.4) is 0 Å². The molecule has 0 spiro atoms. The Morgan fingerprint density at radius 3 is 2.50 bits per heavy atom. The first-order chi connectivity index (χ1) is 17.0. The standard InChI is InChI=1S/C24H27F3N6O2S/c1-24(2,3)19(22(35)31-23-28-6-9-36-23)30-21(34)18-17-12-32(4)7-5-8-33(17)20(29-18)13-10-15(26)16(27)11-14(13)25/h6,9-11,19H,5,7-8,12H2,1-4H3,(H,30,34)(H,28,31,35). The van der Waals surface area contributed by atoms with E-state index in [2.05, 4.69) is 20.6 Å². The highest BCUT2D eigenvalue weighted by Crippen LogP contribution is 2.30. The van der Waals surface area contributed by atoms with Gasteiger partial charge in [0, 0.05) is 30.7 Å². The molecule has 4 rings (SSSR count). The van der Waals surface area contributed by atoms with Crippen molar-refractivity contribution in [3.63, 3.8) is 0 Å². The molecule has 0 saturated heterocycles. The van der Waals surface area contributed by atoms with Gasteiger partial charge < -0.3 is 20.1 Å². The van der Waals surface area contributed by atoms with Crippen molar-refractivity contribution in [2.24, 2.45) is 5.41 Å². The molecule has 1 unspecified atom stereocenters. The van der Waals surface area contributed by atoms with Crippen LogP contribution in [0.4, 0.5) is 18.3 Å². The summed E-state index contributed by atoms with van der Waals surface area (Å²) < 4.78 is 44.0. The summed E-state index contributed by atoms with van der Waals surface area (Å²) in [5, 5.41) is 7.60. The predicted molar refractivity (Wildman–Crippen MR) is 130 cm³/mol. The highest BCUT2D eigenvalue weighted by Gasteiger charge is 2.36. The van der Waals surface area contributed by atoms with E-state index < -0.39 is 40.7 Å². The quantitative estimate of drug-likeness (QED) is 0.496. The molecule has 192 valence electrons. The third kappa shape index (κ3) is 5.29. The molecule has 0 bridgehead atoms. The van der Waals surface area contributed by atoms with Crippen molar-refractivity contribution in [2.45, 2.75) is 46.3 Å². The summed E-state index contributed by atoms with van der Waals surface area (Å²) in [4.78, 5) is 37.0. The van der Waals surface area contributed by atoms with Gasteiger partial charge in [-0.3, -0.25) is 9.59 Å². The van der Waals surface area contributed by atoms with E-state index in [0.717, 1.165) is 6.07 Å². The fourth-order valence-corrected chi connectivity index (χ4v) is 4.67. The van der Waals surface area contributed by atoms with Gasteiger partial charge in [0.15, 0.2) is 22.5 Å². The average Bonchev–Trinajstić information content (AvgIpc) is 3.37. The number of halogens is 3. The summed E-state index contributed by atoms with van der Waals surface area (Å²) in [6.07, 6.45) is 2.24. The van der Waals surface area contributed by atoms with Crippen LogP contribution in [0.2, 0.25) is 0 Å². The number of nitrogens with zero attached hydrogens (tertiary/aromatic N) is 4. The minimum atomic E-state index is -1.31. The second-order valence-electron chi connectivity index (χ2n) is 9.82. The van der Waals surface area contributed by atoms with Crippen LogP contribution in [0.5, 0.6) is 0 Å². The van der Waals surface area contributed by atoms with Gasteiger partial charge in [0.05, 0.1) is 11.3 Å². The first-order valence-corrected chi connectivity index (χ1v) is 12.3. The smallest absolute Gasteiger partial charge is 0.272 e. The Labute approximate surface area is 210 Å². The average molecular weight is 521 g/mol. The second-order valence-corrected chi connectivity index (χ2v) is 10.7. The zero-order valence-electron chi connectivity index (χ0n) is 20.4. The second kappa shape index (κ2) is 10.0. The topological polar surface area (TPSA) is 92.2 Å². The van der Waals surface area contributed by atoms with Crippen LogP contribution >= 0.6 is 11.3 Å². The Hall–Kier alpha value is -3.25. The molecule has 0 radical (unpaired) electrons. The van der Waals surface area contributed by atoms with Gasteiger partial charge in [-0.25, -0.2) is 23.1 Å². The lowest BCUT2D eigenvalue weighted by Gasteiger charge is -2.30. The number of imidazole rings is 1. The predicted octanol–water partition coefficient (Wildman–Crippen LogP) is 4.04. The lowest BCUT2D eigenvalue weighted by Crippen LogP contribution is -2.51. The maximum atomic E-state index is 14.7. The molecule has 8 nitrogen and oxygen atoms in total. The van der Waals surface area contributed by atoms with E-state index in [0.29, 0.717) is 42.9 Å². The third-order valence-corrected chi connectivity index (χ3v) is 6.63. The van der Waals surface area contributed by atoms with Gasteiger partial charge in [-0.15, -0.1) is 11.3 Å². The number of aromatic nitrogens is 3. The van der Waals surface area contributed by atoms with Crippen molar-refractivity contribution < 1.29 is 22.8 Å². The van der Waals surface area contributed by atoms with Crippen LogP contribution < -0.4 is 10.6 Å². The maximum Gasteiger partial charge on any atom is 0.272 e. The summed E-state index contributed by atoms with van der Waals surface area (Å²) in [6.45, 7) is 6.87. The Kier molecular flexibility index (Phi) is 7.19. The summed E-state index contributed by atoms with van der Waals surface area (Å²) in [6, 6.07) is 0.266. The van der Waals surface area contributed by atoms with E-state index in [1.54, 1.807) is 16.1 Å². The van der Waals surface area contributed by atoms with Gasteiger partial charge >= 0.3 is 0 Å². The lowest BCUT2D eigenvalue weighted by atomic mass is 9.86. The van der Waals surface area contributed by atoms with Crippen molar-refractivity contribution in [1.29, 1.82) is 0 Å². The number of rotatable bonds is 5. The number of anilines is 1. The van der Waals surface area contributed by atoms with Gasteiger partial charge in [0.25, 0.3) is 5.91 Å². The molecular formula is C24H27F3N6O2S. The molecule has 1 aromatic carbocycles. The molecule has 12 heteroatoms. The molecule has 1 aliphatic heterocycles. The van der Waals surface area contributed by atoms with Gasteiger partial charge in [-0.1, -0.05) is 20.8 Å². The molecule has 3 aromatic rings. The number of thiazole rings is 1. The molecule has 3 heterocycles. The first-order valence-electron chi connectivity index (χ1n) is 11.4. The van der Waals surface area contributed by atoms with E-state index in [1.807, 2.05) is 32.7 Å². The fraction of sp³-hybridized carbons (Fsp3) is 0.417. The number of carbonyl (C=O) groups is 2. The molecule has 36 heavy (non-hydrogen) atoms. The lowest BCUT2D eigenvalue weighted by molar-refractivity contribution is -0.120. The molecule has 2 N–H and O–H groups in total. The minimum absolute atomic E-state index is 0.000758. The number of hydrogen-bond acceptors (Lipinski definition) is 6. The molecule has 0 aliphatic carbocycles. The van der Waals surface area contributed by atoms with Crippen molar-refractivity contribution in [3.8, 4) is 11.4 Å². The summed E-state index contributed by atoms with van der Waals surface area (Å²) in [7, 11) is 1.88. The molecule has 1 aliphatic rings. The van der Waals surface area contributed by atoms with E-state index in [4.69, 9.17) is 0 Å². The van der Waals surface area contributed by atoms with Crippen LogP contribution in [-0.4, -0.2) is 50.9 Å². The third-order valence-electron chi connectivity index (χ3n) is 5.95. The zero-order valence-corrected chi connectivity index (χ0v) is 21.2. The van der Waals surface area contributed by atoms with Crippen LogP contribution in [-0.2, 0) is 17.9 Å². The molecule has 2 amide bonds. The van der Waals surface area contributed by atoms with E-state index >= 15 is 0 Å². The number of fused-ring (bicyclic) bond motifs is 1. The van der Waals surface area contributed by atoms with Gasteiger partial charge in [0.1, 0.15) is 17.7 Å². The van der Waals surface area contributed by atoms with E-state index in [-0.39, 0.29) is 17.1 Å². The number of carbonyl (C=O) groups excluding carboxylic acids is 2. The molecule has 0 fully saturated rings. The zero-order chi connectivity index (χ0) is 26.2. The Morgan fingerprint density at radius 1 is 1.11 bits per heavy atom. The Balaban J connectivity index is 1.73. The van der Waals surface area contributed by atoms with E-state index in [1.165, 1.54) is 11.3 Å². The largest absolute Gasteiger partial charge is 0.338 e. The fourth-order valence-electron chi connectivity index (χ4n) is 4.14. The molecule has 2 aromatic heterocycles. The normalized spacial score (nSPS) is 15.2. The Morgan fingerprint density at radius 2 is 1.83 bits per heavy atom. The van der Waals surface area contributed by atoms with Crippen LogP contribution in [0.25, 0.3) is 11.4 Å². The molecule has 0 saturated carbocycles.